The molecule has 7 heteroatoms. The Morgan fingerprint density at radius 2 is 1.91 bits per heavy atom. The van der Waals surface area contributed by atoms with Crippen LogP contribution < -0.4 is 21.5 Å². The maximum absolute atomic E-state index is 12.0. The third kappa shape index (κ3) is 5.59. The fourth-order valence-electron chi connectivity index (χ4n) is 2.09. The van der Waals surface area contributed by atoms with Crippen LogP contribution in [-0.4, -0.2) is 30.0 Å². The monoisotopic (exact) mass is 308 g/mol. The van der Waals surface area contributed by atoms with Gasteiger partial charge in [-0.15, -0.1) is 0 Å². The van der Waals surface area contributed by atoms with Crippen molar-refractivity contribution < 1.29 is 9.59 Å². The molecule has 7 nitrogen and oxygen atoms in total. The van der Waals surface area contributed by atoms with E-state index in [1.165, 1.54) is 19.3 Å². The van der Waals surface area contributed by atoms with Crippen LogP contribution in [0.4, 0.5) is 4.79 Å². The fraction of sp³-hybridized carbons (Fsp3) is 0.533. The van der Waals surface area contributed by atoms with Crippen LogP contribution in [0.1, 0.15) is 38.8 Å². The van der Waals surface area contributed by atoms with E-state index in [4.69, 9.17) is 0 Å². The number of rotatable bonds is 6. The van der Waals surface area contributed by atoms with Gasteiger partial charge in [0.1, 0.15) is 6.04 Å². The first-order valence-electron chi connectivity index (χ1n) is 7.30. The average molecular weight is 308 g/mol. The van der Waals surface area contributed by atoms with Gasteiger partial charge in [-0.2, -0.15) is 0 Å². The van der Waals surface area contributed by atoms with E-state index in [2.05, 4.69) is 20.9 Å². The smallest absolute Gasteiger partial charge is 0.315 e. The van der Waals surface area contributed by atoms with Crippen LogP contribution in [0.15, 0.2) is 23.1 Å². The molecule has 1 heterocycles. The van der Waals surface area contributed by atoms with Crippen molar-refractivity contribution in [2.75, 3.05) is 7.05 Å². The topological polar surface area (TPSA) is 103 Å². The third-order valence-corrected chi connectivity index (χ3v) is 3.22. The number of carbonyl (C=O) groups is 2. The lowest BCUT2D eigenvalue weighted by atomic mass is 10.0. The van der Waals surface area contributed by atoms with Crippen LogP contribution in [0.25, 0.3) is 0 Å². The molecule has 0 saturated heterocycles. The zero-order valence-electron chi connectivity index (χ0n) is 13.4. The molecule has 4 N–H and O–H groups in total. The maximum Gasteiger partial charge on any atom is 0.315 e. The molecule has 1 aromatic heterocycles. The summed E-state index contributed by atoms with van der Waals surface area (Å²) in [6, 6.07) is 1.77. The van der Waals surface area contributed by atoms with Gasteiger partial charge in [-0.1, -0.05) is 13.8 Å². The zero-order valence-corrected chi connectivity index (χ0v) is 13.4. The molecule has 0 aliphatic carbocycles. The summed E-state index contributed by atoms with van der Waals surface area (Å²) in [4.78, 5) is 37.6. The molecular formula is C15H24N4O3. The number of hydrogen-bond acceptors (Lipinski definition) is 3. The first-order chi connectivity index (χ1) is 10.3. The van der Waals surface area contributed by atoms with Crippen molar-refractivity contribution in [3.8, 4) is 0 Å². The molecule has 0 bridgehead atoms. The molecule has 0 aliphatic rings. The summed E-state index contributed by atoms with van der Waals surface area (Å²) in [7, 11) is 1.54. The van der Waals surface area contributed by atoms with Crippen molar-refractivity contribution in [2.45, 2.75) is 39.3 Å². The molecule has 3 amide bonds. The predicted octanol–water partition coefficient (Wildman–Crippen LogP) is 0.896. The van der Waals surface area contributed by atoms with Crippen molar-refractivity contribution >= 4 is 11.9 Å². The normalized spacial score (nSPS) is 13.3. The third-order valence-electron chi connectivity index (χ3n) is 3.22. The Kier molecular flexibility index (Phi) is 6.62. The van der Waals surface area contributed by atoms with Crippen LogP contribution >= 0.6 is 0 Å². The van der Waals surface area contributed by atoms with Gasteiger partial charge in [0.05, 0.1) is 6.04 Å². The van der Waals surface area contributed by atoms with Crippen molar-refractivity contribution in [1.29, 1.82) is 0 Å². The number of urea groups is 1. The van der Waals surface area contributed by atoms with Gasteiger partial charge < -0.3 is 20.9 Å². The Hall–Kier alpha value is -2.31. The summed E-state index contributed by atoms with van der Waals surface area (Å²) in [6.07, 6.45) is 2.08. The highest BCUT2D eigenvalue weighted by Crippen LogP contribution is 2.09. The summed E-state index contributed by atoms with van der Waals surface area (Å²) >= 11 is 0. The van der Waals surface area contributed by atoms with Crippen LogP contribution in [0, 0.1) is 5.92 Å². The Morgan fingerprint density at radius 1 is 1.23 bits per heavy atom. The largest absolute Gasteiger partial charge is 0.357 e. The summed E-state index contributed by atoms with van der Waals surface area (Å²) in [5.74, 6) is 0.0420. The summed E-state index contributed by atoms with van der Waals surface area (Å²) in [5.41, 5.74) is 0.467. The highest BCUT2D eigenvalue weighted by Gasteiger charge is 2.21. The quantitative estimate of drug-likeness (QED) is 0.627. The second-order valence-electron chi connectivity index (χ2n) is 5.62. The first-order valence-corrected chi connectivity index (χ1v) is 7.30. The lowest BCUT2D eigenvalue weighted by Gasteiger charge is -2.21. The van der Waals surface area contributed by atoms with E-state index in [9.17, 15) is 14.4 Å². The van der Waals surface area contributed by atoms with Gasteiger partial charge in [0.25, 0.3) is 0 Å². The summed E-state index contributed by atoms with van der Waals surface area (Å²) in [6.45, 7) is 5.73. The van der Waals surface area contributed by atoms with E-state index in [-0.39, 0.29) is 23.4 Å². The van der Waals surface area contributed by atoms with Crippen LogP contribution in [0.5, 0.6) is 0 Å². The van der Waals surface area contributed by atoms with Crippen molar-refractivity contribution in [3.63, 3.8) is 0 Å². The standard InChI is InChI=1S/C15H24N4O3/c1-9(2)7-12(14(21)16-4)19-15(22)18-10(3)11-5-6-17-13(20)8-11/h5-6,8-10,12H,7H2,1-4H3,(H,16,21)(H,17,20)(H2,18,19,22)/t10?,12-/m0/s1. The van der Waals surface area contributed by atoms with Gasteiger partial charge >= 0.3 is 6.03 Å². The van der Waals surface area contributed by atoms with Crippen molar-refractivity contribution in [3.05, 3.63) is 34.2 Å². The lowest BCUT2D eigenvalue weighted by molar-refractivity contribution is -0.122. The minimum Gasteiger partial charge on any atom is -0.357 e. The number of hydrogen-bond donors (Lipinski definition) is 4. The van der Waals surface area contributed by atoms with Crippen LogP contribution in [-0.2, 0) is 4.79 Å². The molecule has 1 unspecified atom stereocenters. The molecule has 0 saturated carbocycles. The molecule has 22 heavy (non-hydrogen) atoms. The van der Waals surface area contributed by atoms with Gasteiger partial charge in [0.15, 0.2) is 0 Å². The van der Waals surface area contributed by atoms with Crippen molar-refractivity contribution in [1.82, 2.24) is 20.9 Å². The Balaban J connectivity index is 2.66. The van der Waals surface area contributed by atoms with Crippen molar-refractivity contribution in [2.24, 2.45) is 5.92 Å². The Labute approximate surface area is 129 Å². The molecule has 2 atom stereocenters. The number of aromatic nitrogens is 1. The number of amides is 3. The Bertz CT molecular complexity index is 568. The number of H-pyrrole nitrogens is 1. The first kappa shape index (κ1) is 17.7. The van der Waals surface area contributed by atoms with Crippen LogP contribution in [0.3, 0.4) is 0 Å². The minimum absolute atomic E-state index is 0.227. The molecular weight excluding hydrogens is 284 g/mol. The zero-order chi connectivity index (χ0) is 16.7. The average Bonchev–Trinajstić information content (AvgIpc) is 2.45. The summed E-state index contributed by atoms with van der Waals surface area (Å²) in [5, 5.41) is 7.93. The van der Waals surface area contributed by atoms with Gasteiger partial charge in [-0.25, -0.2) is 4.79 Å². The maximum atomic E-state index is 12.0. The van der Waals surface area contributed by atoms with E-state index in [0.717, 1.165) is 0 Å². The molecule has 0 radical (unpaired) electrons. The fourth-order valence-corrected chi connectivity index (χ4v) is 2.09. The highest BCUT2D eigenvalue weighted by atomic mass is 16.2. The molecule has 122 valence electrons. The Morgan fingerprint density at radius 3 is 2.45 bits per heavy atom. The minimum atomic E-state index is -0.587. The van der Waals surface area contributed by atoms with Gasteiger partial charge in [-0.3, -0.25) is 9.59 Å². The van der Waals surface area contributed by atoms with E-state index < -0.39 is 12.1 Å². The van der Waals surface area contributed by atoms with Gasteiger partial charge in [0, 0.05) is 19.3 Å². The number of likely N-dealkylation sites (N-methyl/N-ethyl adjacent to an activating group) is 1. The number of aromatic amines is 1. The molecule has 1 rings (SSSR count). The molecule has 0 aromatic carbocycles. The van der Waals surface area contributed by atoms with Gasteiger partial charge in [-0.05, 0) is 30.9 Å². The second-order valence-corrected chi connectivity index (χ2v) is 5.62. The lowest BCUT2D eigenvalue weighted by Crippen LogP contribution is -2.50. The SMILES string of the molecule is CNC(=O)[C@H](CC(C)C)NC(=O)NC(C)c1cc[nH]c(=O)c1. The van der Waals surface area contributed by atoms with E-state index in [1.807, 2.05) is 13.8 Å². The number of carbonyl (C=O) groups excluding carboxylic acids is 2. The highest BCUT2D eigenvalue weighted by molar-refractivity contribution is 5.86. The van der Waals surface area contributed by atoms with E-state index in [1.54, 1.807) is 13.0 Å². The molecule has 1 aromatic rings. The van der Waals surface area contributed by atoms with E-state index >= 15 is 0 Å². The second kappa shape index (κ2) is 8.21. The number of pyridine rings is 1. The molecule has 0 spiro atoms. The number of nitrogens with one attached hydrogen (secondary N) is 4. The van der Waals surface area contributed by atoms with E-state index in [0.29, 0.717) is 12.0 Å². The summed E-state index contributed by atoms with van der Waals surface area (Å²) < 4.78 is 0. The molecule has 0 fully saturated rings. The van der Waals surface area contributed by atoms with Crippen LogP contribution in [0.2, 0.25) is 0 Å². The molecule has 0 aliphatic heterocycles. The predicted molar refractivity (Wildman–Crippen MR) is 84.5 cm³/mol. The van der Waals surface area contributed by atoms with Gasteiger partial charge in [0.2, 0.25) is 11.5 Å².